The molecule has 0 amide bonds. The van der Waals surface area contributed by atoms with Gasteiger partial charge < -0.3 is 16.0 Å². The number of H-pyrrole nitrogens is 1. The number of nitrogens with zero attached hydrogens (tertiary/aromatic N) is 3. The van der Waals surface area contributed by atoms with Gasteiger partial charge in [0.1, 0.15) is 17.7 Å². The second-order valence-corrected chi connectivity index (χ2v) is 4.68. The Hall–Kier alpha value is -2.63. The molecule has 0 fully saturated rings. The lowest BCUT2D eigenvalue weighted by Crippen LogP contribution is -2.05. The quantitative estimate of drug-likeness (QED) is 0.672. The van der Waals surface area contributed by atoms with Crippen LogP contribution in [-0.4, -0.2) is 26.5 Å². The van der Waals surface area contributed by atoms with Crippen LogP contribution in [0.2, 0.25) is 0 Å². The highest BCUT2D eigenvalue weighted by molar-refractivity contribution is 5.80. The molecule has 0 spiro atoms. The van der Waals surface area contributed by atoms with Gasteiger partial charge in [-0.2, -0.15) is 0 Å². The number of nitrogen functional groups attached to an aromatic ring is 1. The summed E-state index contributed by atoms with van der Waals surface area (Å²) in [5.41, 5.74) is 9.44. The van der Waals surface area contributed by atoms with E-state index in [2.05, 4.69) is 56.4 Å². The Morgan fingerprint density at radius 1 is 1.20 bits per heavy atom. The van der Waals surface area contributed by atoms with Gasteiger partial charge in [0.05, 0.1) is 0 Å². The fourth-order valence-corrected chi connectivity index (χ4v) is 2.01. The molecule has 0 aliphatic carbocycles. The average Bonchev–Trinajstić information content (AvgIpc) is 2.85. The van der Waals surface area contributed by atoms with E-state index in [1.165, 1.54) is 11.9 Å². The van der Waals surface area contributed by atoms with E-state index in [1.807, 2.05) is 0 Å². The minimum absolute atomic E-state index is 0.431. The van der Waals surface area contributed by atoms with E-state index < -0.39 is 0 Å². The van der Waals surface area contributed by atoms with E-state index in [1.54, 1.807) is 0 Å². The van der Waals surface area contributed by atoms with Crippen molar-refractivity contribution in [2.75, 3.05) is 17.6 Å². The van der Waals surface area contributed by atoms with Crippen LogP contribution in [0.15, 0.2) is 30.6 Å². The van der Waals surface area contributed by atoms with Gasteiger partial charge >= 0.3 is 0 Å². The van der Waals surface area contributed by atoms with Gasteiger partial charge in [-0.05, 0) is 19.1 Å². The topological polar surface area (TPSA) is 92.5 Å². The molecule has 0 atom stereocenters. The molecule has 0 saturated heterocycles. The van der Waals surface area contributed by atoms with Crippen LogP contribution in [0.1, 0.15) is 11.4 Å². The highest BCUT2D eigenvalue weighted by Gasteiger charge is 2.06. The molecule has 6 nitrogen and oxygen atoms in total. The largest absolute Gasteiger partial charge is 0.385 e. The van der Waals surface area contributed by atoms with Gasteiger partial charge in [-0.15, -0.1) is 0 Å². The first kappa shape index (κ1) is 12.4. The number of nitrogens with two attached hydrogens (primary N) is 1. The van der Waals surface area contributed by atoms with Crippen molar-refractivity contribution in [3.63, 3.8) is 0 Å². The number of aromatic amines is 1. The number of nitrogens with one attached hydrogen (secondary N) is 2. The van der Waals surface area contributed by atoms with Crippen molar-refractivity contribution in [2.45, 2.75) is 13.3 Å². The van der Waals surface area contributed by atoms with Gasteiger partial charge in [-0.25, -0.2) is 15.0 Å². The van der Waals surface area contributed by atoms with E-state index in [9.17, 15) is 0 Å². The number of fused-ring (bicyclic) bond motifs is 1. The van der Waals surface area contributed by atoms with Crippen LogP contribution in [-0.2, 0) is 6.42 Å². The SMILES string of the molecule is Cc1ccc(NCCc2nc3ncnc(N)c3[nH]2)cc1. The number of hydrogen-bond donors (Lipinski definition) is 3. The fraction of sp³-hybridized carbons (Fsp3) is 0.214. The number of benzene rings is 1. The Morgan fingerprint density at radius 2 is 2.00 bits per heavy atom. The molecule has 2 aromatic heterocycles. The van der Waals surface area contributed by atoms with Gasteiger partial charge in [-0.1, -0.05) is 17.7 Å². The number of imidazole rings is 1. The van der Waals surface area contributed by atoms with Crippen molar-refractivity contribution in [3.8, 4) is 0 Å². The van der Waals surface area contributed by atoms with Crippen LogP contribution < -0.4 is 11.1 Å². The Bertz CT molecular complexity index is 716. The first-order valence-electron chi connectivity index (χ1n) is 6.48. The smallest absolute Gasteiger partial charge is 0.183 e. The summed E-state index contributed by atoms with van der Waals surface area (Å²) in [6.45, 7) is 2.86. The zero-order chi connectivity index (χ0) is 13.9. The third-order valence-electron chi connectivity index (χ3n) is 3.11. The van der Waals surface area contributed by atoms with E-state index in [4.69, 9.17) is 5.73 Å². The van der Waals surface area contributed by atoms with Crippen LogP contribution in [0.5, 0.6) is 0 Å². The molecule has 0 unspecified atom stereocenters. The molecule has 102 valence electrons. The lowest BCUT2D eigenvalue weighted by molar-refractivity contribution is 0.933. The zero-order valence-corrected chi connectivity index (χ0v) is 11.2. The molecular formula is C14H16N6. The highest BCUT2D eigenvalue weighted by Crippen LogP contribution is 2.14. The number of aromatic nitrogens is 4. The minimum Gasteiger partial charge on any atom is -0.385 e. The summed E-state index contributed by atoms with van der Waals surface area (Å²) >= 11 is 0. The molecule has 3 rings (SSSR count). The van der Waals surface area contributed by atoms with Gasteiger partial charge in [0.2, 0.25) is 0 Å². The maximum atomic E-state index is 5.77. The highest BCUT2D eigenvalue weighted by atomic mass is 15.0. The molecule has 0 saturated carbocycles. The van der Waals surface area contributed by atoms with Crippen molar-refractivity contribution in [2.24, 2.45) is 0 Å². The Labute approximate surface area is 116 Å². The Morgan fingerprint density at radius 3 is 2.75 bits per heavy atom. The maximum absolute atomic E-state index is 5.77. The predicted molar refractivity (Wildman–Crippen MR) is 79.5 cm³/mol. The van der Waals surface area contributed by atoms with E-state index in [0.717, 1.165) is 24.5 Å². The van der Waals surface area contributed by atoms with Crippen molar-refractivity contribution in [3.05, 3.63) is 42.0 Å². The number of rotatable bonds is 4. The summed E-state index contributed by atoms with van der Waals surface area (Å²) < 4.78 is 0. The standard InChI is InChI=1S/C14H16N6/c1-9-2-4-10(5-3-9)16-7-6-11-19-12-13(15)17-8-18-14(12)20-11/h2-5,8,16H,6-7H2,1H3,(H3,15,17,18,19,20). The van der Waals surface area contributed by atoms with Gasteiger partial charge in [-0.3, -0.25) is 0 Å². The van der Waals surface area contributed by atoms with Crippen molar-refractivity contribution < 1.29 is 0 Å². The first-order chi connectivity index (χ1) is 9.72. The molecule has 1 aromatic carbocycles. The summed E-state index contributed by atoms with van der Waals surface area (Å²) in [6.07, 6.45) is 2.19. The van der Waals surface area contributed by atoms with Crippen LogP contribution in [0.4, 0.5) is 11.5 Å². The summed E-state index contributed by atoms with van der Waals surface area (Å²) in [4.78, 5) is 15.6. The van der Waals surface area contributed by atoms with Crippen LogP contribution in [0, 0.1) is 6.92 Å². The average molecular weight is 268 g/mol. The summed E-state index contributed by atoms with van der Waals surface area (Å²) in [6, 6.07) is 8.30. The van der Waals surface area contributed by atoms with Gasteiger partial charge in [0.25, 0.3) is 0 Å². The Balaban J connectivity index is 1.65. The van der Waals surface area contributed by atoms with Gasteiger partial charge in [0, 0.05) is 18.7 Å². The molecule has 0 radical (unpaired) electrons. The molecule has 0 aliphatic heterocycles. The maximum Gasteiger partial charge on any atom is 0.183 e. The molecule has 4 N–H and O–H groups in total. The van der Waals surface area contributed by atoms with Crippen molar-refractivity contribution in [1.29, 1.82) is 0 Å². The summed E-state index contributed by atoms with van der Waals surface area (Å²) in [5.74, 6) is 1.28. The number of hydrogen-bond acceptors (Lipinski definition) is 5. The third-order valence-corrected chi connectivity index (χ3v) is 3.11. The summed E-state index contributed by atoms with van der Waals surface area (Å²) in [5, 5.41) is 3.35. The number of anilines is 2. The molecule has 0 aliphatic rings. The monoisotopic (exact) mass is 268 g/mol. The van der Waals surface area contributed by atoms with E-state index in [-0.39, 0.29) is 0 Å². The van der Waals surface area contributed by atoms with Crippen LogP contribution in [0.25, 0.3) is 11.2 Å². The Kier molecular flexibility index (Phi) is 3.20. The molecule has 6 heteroatoms. The predicted octanol–water partition coefficient (Wildman–Crippen LogP) is 1.90. The lowest BCUT2D eigenvalue weighted by Gasteiger charge is -2.05. The van der Waals surface area contributed by atoms with Gasteiger partial charge in [0.15, 0.2) is 11.5 Å². The molecule has 2 heterocycles. The van der Waals surface area contributed by atoms with E-state index >= 15 is 0 Å². The van der Waals surface area contributed by atoms with Crippen LogP contribution >= 0.6 is 0 Å². The minimum atomic E-state index is 0.431. The zero-order valence-electron chi connectivity index (χ0n) is 11.2. The van der Waals surface area contributed by atoms with Crippen LogP contribution in [0.3, 0.4) is 0 Å². The third kappa shape index (κ3) is 2.54. The fourth-order valence-electron chi connectivity index (χ4n) is 2.01. The second-order valence-electron chi connectivity index (χ2n) is 4.68. The molecule has 20 heavy (non-hydrogen) atoms. The molecule has 0 bridgehead atoms. The van der Waals surface area contributed by atoms with E-state index in [0.29, 0.717) is 17.0 Å². The normalized spacial score (nSPS) is 10.8. The van der Waals surface area contributed by atoms with Crippen molar-refractivity contribution in [1.82, 2.24) is 19.9 Å². The number of aryl methyl sites for hydroxylation is 1. The summed E-state index contributed by atoms with van der Waals surface area (Å²) in [7, 11) is 0. The second kappa shape index (κ2) is 5.16. The molecular weight excluding hydrogens is 252 g/mol. The first-order valence-corrected chi connectivity index (χ1v) is 6.48. The molecule has 3 aromatic rings. The lowest BCUT2D eigenvalue weighted by atomic mass is 10.2. The van der Waals surface area contributed by atoms with Crippen molar-refractivity contribution >= 4 is 22.7 Å².